The maximum absolute atomic E-state index is 12.2. The second kappa shape index (κ2) is 9.47. The number of amides is 2. The van der Waals surface area contributed by atoms with Crippen LogP contribution >= 0.6 is 0 Å². The molecule has 0 aliphatic heterocycles. The van der Waals surface area contributed by atoms with E-state index in [-0.39, 0.29) is 12.5 Å². The highest BCUT2D eigenvalue weighted by molar-refractivity contribution is 5.96. The number of benzene rings is 2. The van der Waals surface area contributed by atoms with Crippen LogP contribution in [0.1, 0.15) is 28.4 Å². The zero-order valence-corrected chi connectivity index (χ0v) is 16.0. The minimum absolute atomic E-state index is 0.0387. The lowest BCUT2D eigenvalue weighted by Gasteiger charge is -2.13. The van der Waals surface area contributed by atoms with Gasteiger partial charge in [0.25, 0.3) is 11.8 Å². The predicted octanol–water partition coefficient (Wildman–Crippen LogP) is 2.58. The Morgan fingerprint density at radius 1 is 1.00 bits per heavy atom. The van der Waals surface area contributed by atoms with Crippen LogP contribution in [0.15, 0.2) is 36.4 Å². The highest BCUT2D eigenvalue weighted by atomic mass is 16.5. The van der Waals surface area contributed by atoms with Gasteiger partial charge in [-0.1, -0.05) is 17.7 Å². The van der Waals surface area contributed by atoms with Gasteiger partial charge in [-0.2, -0.15) is 0 Å². The molecule has 0 aliphatic carbocycles. The molecule has 144 valence electrons. The molecule has 0 aliphatic rings. The molecule has 0 saturated heterocycles. The number of hydrazine groups is 1. The Kier molecular flexibility index (Phi) is 7.05. The molecule has 2 aromatic carbocycles. The molecule has 0 saturated carbocycles. The third-order valence-electron chi connectivity index (χ3n) is 3.86. The first kappa shape index (κ1) is 20.1. The standard InChI is InChI=1S/C20H25N3O4/c1-5-27-18-11-15(7-9-17(18)26-4)20(25)23-22-19(24)12-21-16-8-6-13(2)10-14(16)3/h6-11,21H,5,12H2,1-4H3,(H,22,24)(H,23,25). The number of aryl methyl sites for hydroxylation is 2. The van der Waals surface area contributed by atoms with Crippen LogP contribution in [-0.2, 0) is 4.79 Å². The van der Waals surface area contributed by atoms with E-state index in [1.54, 1.807) is 18.2 Å². The molecule has 2 amide bonds. The zero-order chi connectivity index (χ0) is 19.8. The first-order chi connectivity index (χ1) is 12.9. The molecule has 3 N–H and O–H groups in total. The van der Waals surface area contributed by atoms with Gasteiger partial charge in [-0.15, -0.1) is 0 Å². The fourth-order valence-electron chi connectivity index (χ4n) is 2.52. The van der Waals surface area contributed by atoms with E-state index in [0.29, 0.717) is 23.7 Å². The largest absolute Gasteiger partial charge is 0.493 e. The van der Waals surface area contributed by atoms with Crippen molar-refractivity contribution in [3.05, 3.63) is 53.1 Å². The molecule has 0 aromatic heterocycles. The lowest BCUT2D eigenvalue weighted by atomic mass is 10.1. The third-order valence-corrected chi connectivity index (χ3v) is 3.86. The van der Waals surface area contributed by atoms with E-state index >= 15 is 0 Å². The zero-order valence-electron chi connectivity index (χ0n) is 16.0. The Morgan fingerprint density at radius 2 is 1.78 bits per heavy atom. The minimum atomic E-state index is -0.446. The van der Waals surface area contributed by atoms with Gasteiger partial charge in [-0.3, -0.25) is 20.4 Å². The molecule has 7 heteroatoms. The number of carbonyl (C=O) groups is 2. The number of nitrogens with one attached hydrogen (secondary N) is 3. The van der Waals surface area contributed by atoms with Crippen molar-refractivity contribution in [1.29, 1.82) is 0 Å². The maximum Gasteiger partial charge on any atom is 0.269 e. The van der Waals surface area contributed by atoms with E-state index in [9.17, 15) is 9.59 Å². The van der Waals surface area contributed by atoms with E-state index in [1.165, 1.54) is 7.11 Å². The lowest BCUT2D eigenvalue weighted by Crippen LogP contribution is -2.44. The molecule has 27 heavy (non-hydrogen) atoms. The molecule has 2 rings (SSSR count). The van der Waals surface area contributed by atoms with Crippen LogP contribution < -0.4 is 25.6 Å². The molecule has 2 aromatic rings. The summed E-state index contributed by atoms with van der Waals surface area (Å²) in [5.74, 6) is 0.200. The smallest absolute Gasteiger partial charge is 0.269 e. The number of ether oxygens (including phenoxy) is 2. The summed E-state index contributed by atoms with van der Waals surface area (Å²) in [4.78, 5) is 24.2. The SMILES string of the molecule is CCOc1cc(C(=O)NNC(=O)CNc2ccc(C)cc2C)ccc1OC. The number of anilines is 1. The van der Waals surface area contributed by atoms with Crippen LogP contribution in [-0.4, -0.2) is 32.1 Å². The number of hydrogen-bond acceptors (Lipinski definition) is 5. The van der Waals surface area contributed by atoms with E-state index < -0.39 is 5.91 Å². The summed E-state index contributed by atoms with van der Waals surface area (Å²) >= 11 is 0. The normalized spacial score (nSPS) is 10.1. The molecule has 0 atom stereocenters. The molecule has 0 radical (unpaired) electrons. The monoisotopic (exact) mass is 371 g/mol. The van der Waals surface area contributed by atoms with Crippen molar-refractivity contribution in [2.24, 2.45) is 0 Å². The Labute approximate surface area is 159 Å². The van der Waals surface area contributed by atoms with Gasteiger partial charge in [0.05, 0.1) is 20.3 Å². The highest BCUT2D eigenvalue weighted by Gasteiger charge is 2.12. The summed E-state index contributed by atoms with van der Waals surface area (Å²) in [6, 6.07) is 10.7. The summed E-state index contributed by atoms with van der Waals surface area (Å²) in [7, 11) is 1.53. The highest BCUT2D eigenvalue weighted by Crippen LogP contribution is 2.27. The molecular formula is C20H25N3O4. The first-order valence-corrected chi connectivity index (χ1v) is 8.65. The predicted molar refractivity (Wildman–Crippen MR) is 104 cm³/mol. The van der Waals surface area contributed by atoms with Crippen molar-refractivity contribution in [3.8, 4) is 11.5 Å². The van der Waals surface area contributed by atoms with E-state index in [0.717, 1.165) is 16.8 Å². The van der Waals surface area contributed by atoms with Crippen molar-refractivity contribution in [2.45, 2.75) is 20.8 Å². The second-order valence-electron chi connectivity index (χ2n) is 5.97. The van der Waals surface area contributed by atoms with Crippen molar-refractivity contribution in [2.75, 3.05) is 25.6 Å². The van der Waals surface area contributed by atoms with Gasteiger partial charge >= 0.3 is 0 Å². The second-order valence-corrected chi connectivity index (χ2v) is 5.97. The van der Waals surface area contributed by atoms with Gasteiger partial charge in [0.15, 0.2) is 11.5 Å². The average molecular weight is 371 g/mol. The van der Waals surface area contributed by atoms with Crippen LogP contribution in [0, 0.1) is 13.8 Å². The van der Waals surface area contributed by atoms with E-state index in [1.807, 2.05) is 39.0 Å². The Hall–Kier alpha value is -3.22. The van der Waals surface area contributed by atoms with Crippen LogP contribution in [0.4, 0.5) is 5.69 Å². The van der Waals surface area contributed by atoms with Crippen molar-refractivity contribution in [1.82, 2.24) is 10.9 Å². The minimum Gasteiger partial charge on any atom is -0.493 e. The van der Waals surface area contributed by atoms with Gasteiger partial charge in [-0.05, 0) is 50.6 Å². The Balaban J connectivity index is 1.89. The number of rotatable bonds is 7. The summed E-state index contributed by atoms with van der Waals surface area (Å²) in [5, 5.41) is 3.04. The lowest BCUT2D eigenvalue weighted by molar-refractivity contribution is -0.120. The Bertz CT molecular complexity index is 821. The van der Waals surface area contributed by atoms with Gasteiger partial charge in [0.1, 0.15) is 0 Å². The Morgan fingerprint density at radius 3 is 2.44 bits per heavy atom. The third kappa shape index (κ3) is 5.64. The maximum atomic E-state index is 12.2. The van der Waals surface area contributed by atoms with Gasteiger partial charge in [0.2, 0.25) is 0 Å². The molecule has 7 nitrogen and oxygen atoms in total. The van der Waals surface area contributed by atoms with E-state index in [4.69, 9.17) is 9.47 Å². The number of carbonyl (C=O) groups excluding carboxylic acids is 2. The summed E-state index contributed by atoms with van der Waals surface area (Å²) in [6.07, 6.45) is 0. The van der Waals surface area contributed by atoms with Crippen molar-refractivity contribution >= 4 is 17.5 Å². The number of hydrogen-bond donors (Lipinski definition) is 3. The van der Waals surface area contributed by atoms with Crippen LogP contribution in [0.2, 0.25) is 0 Å². The van der Waals surface area contributed by atoms with Gasteiger partial charge in [0, 0.05) is 11.3 Å². The van der Waals surface area contributed by atoms with Gasteiger partial charge in [-0.25, -0.2) is 0 Å². The summed E-state index contributed by atoms with van der Waals surface area (Å²) in [5.41, 5.74) is 8.21. The molecule has 0 unspecified atom stereocenters. The topological polar surface area (TPSA) is 88.7 Å². The molecule has 0 spiro atoms. The van der Waals surface area contributed by atoms with E-state index in [2.05, 4.69) is 16.2 Å². The fourth-order valence-corrected chi connectivity index (χ4v) is 2.52. The first-order valence-electron chi connectivity index (χ1n) is 8.65. The fraction of sp³-hybridized carbons (Fsp3) is 0.300. The molecular weight excluding hydrogens is 346 g/mol. The van der Waals surface area contributed by atoms with Crippen molar-refractivity contribution < 1.29 is 19.1 Å². The van der Waals surface area contributed by atoms with Crippen LogP contribution in [0.25, 0.3) is 0 Å². The molecule has 0 heterocycles. The van der Waals surface area contributed by atoms with Crippen LogP contribution in [0.3, 0.4) is 0 Å². The average Bonchev–Trinajstić information content (AvgIpc) is 2.65. The van der Waals surface area contributed by atoms with Crippen molar-refractivity contribution in [3.63, 3.8) is 0 Å². The van der Waals surface area contributed by atoms with Crippen LogP contribution in [0.5, 0.6) is 11.5 Å². The van der Waals surface area contributed by atoms with Gasteiger partial charge < -0.3 is 14.8 Å². The number of methoxy groups -OCH3 is 1. The quantitative estimate of drug-likeness (QED) is 0.651. The summed E-state index contributed by atoms with van der Waals surface area (Å²) < 4.78 is 10.6. The summed E-state index contributed by atoms with van der Waals surface area (Å²) in [6.45, 7) is 6.30. The molecule has 0 fully saturated rings. The molecule has 0 bridgehead atoms.